The lowest BCUT2D eigenvalue weighted by atomic mass is 10.0. The number of amides is 1. The van der Waals surface area contributed by atoms with Gasteiger partial charge in [-0.2, -0.15) is 0 Å². The minimum Gasteiger partial charge on any atom is -0.472 e. The predicted molar refractivity (Wildman–Crippen MR) is 83.2 cm³/mol. The Bertz CT molecular complexity index is 821. The molecule has 0 aliphatic carbocycles. The number of benzene rings is 1. The average molecular weight is 331 g/mol. The first-order chi connectivity index (χ1) is 11.3. The molecule has 8 heteroatoms. The molecule has 1 aromatic heterocycles. The minimum absolute atomic E-state index is 0.0813. The van der Waals surface area contributed by atoms with E-state index in [1.165, 1.54) is 29.2 Å². The zero-order valence-electron chi connectivity index (χ0n) is 13.0. The molecule has 0 unspecified atom stereocenters. The Morgan fingerprint density at radius 3 is 2.54 bits per heavy atom. The fraction of sp³-hybridized carbons (Fsp3) is 0.250. The van der Waals surface area contributed by atoms with E-state index < -0.39 is 10.5 Å². The van der Waals surface area contributed by atoms with Crippen molar-refractivity contribution < 1.29 is 18.8 Å². The van der Waals surface area contributed by atoms with Gasteiger partial charge in [-0.25, -0.2) is 4.39 Å². The molecule has 3 rings (SSSR count). The fourth-order valence-corrected chi connectivity index (χ4v) is 2.46. The van der Waals surface area contributed by atoms with Crippen molar-refractivity contribution in [2.24, 2.45) is 0 Å². The Kier molecular flexibility index (Phi) is 3.67. The summed E-state index contributed by atoms with van der Waals surface area (Å²) >= 11 is 0. The lowest BCUT2D eigenvalue weighted by molar-refractivity contribution is -0.389. The van der Waals surface area contributed by atoms with Gasteiger partial charge in [-0.1, -0.05) is 12.1 Å². The van der Waals surface area contributed by atoms with E-state index in [1.54, 1.807) is 26.0 Å². The Morgan fingerprint density at radius 2 is 1.92 bits per heavy atom. The lowest BCUT2D eigenvalue weighted by Crippen LogP contribution is -2.52. The third-order valence-electron chi connectivity index (χ3n) is 3.65. The van der Waals surface area contributed by atoms with Gasteiger partial charge in [0.05, 0.1) is 6.54 Å². The van der Waals surface area contributed by atoms with Crippen molar-refractivity contribution in [3.63, 3.8) is 0 Å². The summed E-state index contributed by atoms with van der Waals surface area (Å²) in [7, 11) is 0. The molecule has 1 aromatic carbocycles. The highest BCUT2D eigenvalue weighted by Gasteiger charge is 2.44. The van der Waals surface area contributed by atoms with E-state index >= 15 is 0 Å². The molecule has 2 heterocycles. The SMILES string of the molecule is CC1(C)Oc2ccc([N+](=O)[O-])nc2N(Cc2ccc(F)cc2)C1=O. The molecular formula is C16H14FN3O4. The maximum atomic E-state index is 13.1. The van der Waals surface area contributed by atoms with Crippen molar-refractivity contribution in [3.05, 3.63) is 57.9 Å². The van der Waals surface area contributed by atoms with Gasteiger partial charge in [0, 0.05) is 6.07 Å². The first-order valence-electron chi connectivity index (χ1n) is 7.19. The number of halogens is 1. The van der Waals surface area contributed by atoms with Crippen LogP contribution in [0, 0.1) is 15.9 Å². The second-order valence-electron chi connectivity index (χ2n) is 5.88. The maximum absolute atomic E-state index is 13.1. The van der Waals surface area contributed by atoms with Crippen LogP contribution in [0.15, 0.2) is 36.4 Å². The van der Waals surface area contributed by atoms with Gasteiger partial charge in [-0.15, -0.1) is 0 Å². The molecule has 0 saturated carbocycles. The molecular weight excluding hydrogens is 317 g/mol. The summed E-state index contributed by atoms with van der Waals surface area (Å²) in [5.41, 5.74) is -0.466. The molecule has 0 atom stereocenters. The standard InChI is InChI=1S/C16H14FN3O4/c1-16(2)15(21)19(9-10-3-5-11(17)6-4-10)14-12(24-16)7-8-13(18-14)20(22)23/h3-8H,9H2,1-2H3. The van der Waals surface area contributed by atoms with Crippen molar-refractivity contribution in [2.45, 2.75) is 26.0 Å². The van der Waals surface area contributed by atoms with Crippen molar-refractivity contribution in [1.82, 2.24) is 4.98 Å². The van der Waals surface area contributed by atoms with Crippen molar-refractivity contribution in [3.8, 4) is 5.75 Å². The highest BCUT2D eigenvalue weighted by atomic mass is 19.1. The molecule has 0 spiro atoms. The second kappa shape index (κ2) is 5.55. The molecule has 24 heavy (non-hydrogen) atoms. The summed E-state index contributed by atoms with van der Waals surface area (Å²) < 4.78 is 18.7. The number of hydrogen-bond donors (Lipinski definition) is 0. The molecule has 1 aliphatic heterocycles. The number of nitrogens with zero attached hydrogens (tertiary/aromatic N) is 3. The molecule has 7 nitrogen and oxygen atoms in total. The zero-order valence-corrected chi connectivity index (χ0v) is 13.0. The molecule has 2 aromatic rings. The van der Waals surface area contributed by atoms with Gasteiger partial charge in [0.25, 0.3) is 11.7 Å². The van der Waals surface area contributed by atoms with Gasteiger partial charge < -0.3 is 14.9 Å². The van der Waals surface area contributed by atoms with Gasteiger partial charge in [0.1, 0.15) is 5.82 Å². The van der Waals surface area contributed by atoms with Gasteiger partial charge in [0.15, 0.2) is 11.4 Å². The van der Waals surface area contributed by atoms with Gasteiger partial charge in [0.2, 0.25) is 0 Å². The quantitative estimate of drug-likeness (QED) is 0.638. The van der Waals surface area contributed by atoms with Crippen LogP contribution in [0.1, 0.15) is 19.4 Å². The number of pyridine rings is 1. The molecule has 1 aliphatic rings. The van der Waals surface area contributed by atoms with Crippen LogP contribution in [-0.4, -0.2) is 21.4 Å². The van der Waals surface area contributed by atoms with Crippen LogP contribution in [-0.2, 0) is 11.3 Å². The first kappa shape index (κ1) is 15.9. The molecule has 0 bridgehead atoms. The van der Waals surface area contributed by atoms with E-state index in [1.807, 2.05) is 0 Å². The Morgan fingerprint density at radius 1 is 1.25 bits per heavy atom. The normalized spacial score (nSPS) is 15.6. The Balaban J connectivity index is 2.05. The van der Waals surface area contributed by atoms with Crippen LogP contribution < -0.4 is 9.64 Å². The van der Waals surface area contributed by atoms with Crippen LogP contribution in [0.4, 0.5) is 16.0 Å². The monoisotopic (exact) mass is 331 g/mol. The number of aromatic nitrogens is 1. The fourth-order valence-electron chi connectivity index (χ4n) is 2.46. The van der Waals surface area contributed by atoms with Crippen LogP contribution in [0.3, 0.4) is 0 Å². The molecule has 0 radical (unpaired) electrons. The van der Waals surface area contributed by atoms with Crippen LogP contribution in [0.2, 0.25) is 0 Å². The number of carbonyl (C=O) groups is 1. The zero-order chi connectivity index (χ0) is 17.5. The smallest absolute Gasteiger partial charge is 0.366 e. The molecule has 1 amide bonds. The number of nitro groups is 1. The third kappa shape index (κ3) is 2.78. The topological polar surface area (TPSA) is 85.6 Å². The Labute approximate surface area is 136 Å². The lowest BCUT2D eigenvalue weighted by Gasteiger charge is -2.35. The van der Waals surface area contributed by atoms with E-state index in [0.29, 0.717) is 5.56 Å². The summed E-state index contributed by atoms with van der Waals surface area (Å²) in [5.74, 6) is -0.784. The number of rotatable bonds is 3. The summed E-state index contributed by atoms with van der Waals surface area (Å²) in [6, 6.07) is 8.30. The van der Waals surface area contributed by atoms with Crippen molar-refractivity contribution in [2.75, 3.05) is 4.90 Å². The Hall–Kier alpha value is -3.03. The first-order valence-corrected chi connectivity index (χ1v) is 7.19. The largest absolute Gasteiger partial charge is 0.472 e. The maximum Gasteiger partial charge on any atom is 0.366 e. The van der Waals surface area contributed by atoms with E-state index in [-0.39, 0.29) is 35.7 Å². The summed E-state index contributed by atoms with van der Waals surface area (Å²) in [4.78, 5) is 28.2. The summed E-state index contributed by atoms with van der Waals surface area (Å²) in [5, 5.41) is 11.0. The summed E-state index contributed by atoms with van der Waals surface area (Å²) in [6.07, 6.45) is 0. The van der Waals surface area contributed by atoms with Gasteiger partial charge in [-0.05, 0) is 47.5 Å². The predicted octanol–water partition coefficient (Wildman–Crippen LogP) is 2.83. The van der Waals surface area contributed by atoms with Crippen LogP contribution >= 0.6 is 0 Å². The van der Waals surface area contributed by atoms with Crippen LogP contribution in [0.25, 0.3) is 0 Å². The van der Waals surface area contributed by atoms with Gasteiger partial charge >= 0.3 is 5.82 Å². The minimum atomic E-state index is -1.13. The molecule has 0 saturated heterocycles. The molecule has 0 N–H and O–H groups in total. The number of anilines is 1. The van der Waals surface area contributed by atoms with Crippen LogP contribution in [0.5, 0.6) is 5.75 Å². The van der Waals surface area contributed by atoms with E-state index in [4.69, 9.17) is 4.74 Å². The molecule has 124 valence electrons. The number of fused-ring (bicyclic) bond motifs is 1. The van der Waals surface area contributed by atoms with E-state index in [0.717, 1.165) is 0 Å². The molecule has 0 fully saturated rings. The number of carbonyl (C=O) groups excluding carboxylic acids is 1. The van der Waals surface area contributed by atoms with Gasteiger partial charge in [-0.3, -0.25) is 9.69 Å². The van der Waals surface area contributed by atoms with E-state index in [2.05, 4.69) is 4.98 Å². The van der Waals surface area contributed by atoms with Crippen molar-refractivity contribution in [1.29, 1.82) is 0 Å². The van der Waals surface area contributed by atoms with E-state index in [9.17, 15) is 19.3 Å². The highest BCUT2D eigenvalue weighted by molar-refractivity contribution is 6.01. The third-order valence-corrected chi connectivity index (χ3v) is 3.65. The number of ether oxygens (including phenoxy) is 1. The number of hydrogen-bond acceptors (Lipinski definition) is 5. The second-order valence-corrected chi connectivity index (χ2v) is 5.88. The highest BCUT2D eigenvalue weighted by Crippen LogP contribution is 2.38. The summed E-state index contributed by atoms with van der Waals surface area (Å²) in [6.45, 7) is 3.32. The average Bonchev–Trinajstić information content (AvgIpc) is 2.53. The van der Waals surface area contributed by atoms with Crippen molar-refractivity contribution >= 4 is 17.5 Å².